The maximum absolute atomic E-state index is 11.3. The number of unbranched alkanes of at least 4 members (excludes halogenated alkanes) is 3. The molecule has 0 aliphatic rings. The molecule has 116 valence electrons. The Labute approximate surface area is 126 Å². The highest BCUT2D eigenvalue weighted by atomic mass is 16.4. The van der Waals surface area contributed by atoms with Crippen molar-refractivity contribution in [3.05, 3.63) is 29.8 Å². The van der Waals surface area contributed by atoms with E-state index < -0.39 is 5.97 Å². The number of carbonyl (C=O) groups excluding carboxylic acids is 1. The van der Waals surface area contributed by atoms with Gasteiger partial charge < -0.3 is 10.0 Å². The number of carboxylic acids is 1. The third-order valence-corrected chi connectivity index (χ3v) is 3.52. The first-order chi connectivity index (χ1) is 10.0. The summed E-state index contributed by atoms with van der Waals surface area (Å²) in [5.74, 6) is -0.740. The Morgan fingerprint density at radius 1 is 1.05 bits per heavy atom. The van der Waals surface area contributed by atoms with E-state index in [0.29, 0.717) is 12.1 Å². The van der Waals surface area contributed by atoms with Crippen molar-refractivity contribution in [2.24, 2.45) is 0 Å². The summed E-state index contributed by atoms with van der Waals surface area (Å²) in [6.07, 6.45) is 4.73. The molecule has 0 bridgehead atoms. The van der Waals surface area contributed by atoms with Crippen molar-refractivity contribution in [1.29, 1.82) is 0 Å². The molecule has 1 aromatic carbocycles. The van der Waals surface area contributed by atoms with E-state index in [1.54, 1.807) is 19.1 Å². The van der Waals surface area contributed by atoms with E-state index in [1.165, 1.54) is 12.8 Å². The minimum Gasteiger partial charge on any atom is -0.481 e. The normalized spacial score (nSPS) is 10.4. The van der Waals surface area contributed by atoms with Crippen LogP contribution in [-0.2, 0) is 4.79 Å². The lowest BCUT2D eigenvalue weighted by atomic mass is 10.1. The van der Waals surface area contributed by atoms with E-state index >= 15 is 0 Å². The molecule has 1 aromatic rings. The fourth-order valence-electron chi connectivity index (χ4n) is 2.24. The van der Waals surface area contributed by atoms with Crippen molar-refractivity contribution >= 4 is 17.4 Å². The maximum atomic E-state index is 11.3. The predicted molar refractivity (Wildman–Crippen MR) is 85.1 cm³/mol. The minimum atomic E-state index is -0.783. The average molecular weight is 291 g/mol. The molecular formula is C17H25NO3. The number of hydrogen-bond donors (Lipinski definition) is 1. The zero-order valence-electron chi connectivity index (χ0n) is 13.0. The molecule has 21 heavy (non-hydrogen) atoms. The van der Waals surface area contributed by atoms with Gasteiger partial charge in [-0.15, -0.1) is 0 Å². The third-order valence-electron chi connectivity index (χ3n) is 3.52. The summed E-state index contributed by atoms with van der Waals surface area (Å²) >= 11 is 0. The Morgan fingerprint density at radius 3 is 2.24 bits per heavy atom. The Balaban J connectivity index is 2.68. The highest BCUT2D eigenvalue weighted by Crippen LogP contribution is 2.17. The van der Waals surface area contributed by atoms with Crippen molar-refractivity contribution in [2.45, 2.75) is 46.0 Å². The van der Waals surface area contributed by atoms with Crippen LogP contribution in [0.2, 0.25) is 0 Å². The fraction of sp³-hybridized carbons (Fsp3) is 0.529. The second-order valence-electron chi connectivity index (χ2n) is 5.29. The topological polar surface area (TPSA) is 57.6 Å². The first kappa shape index (κ1) is 17.2. The number of hydrogen-bond acceptors (Lipinski definition) is 3. The van der Waals surface area contributed by atoms with Gasteiger partial charge in [0.25, 0.3) is 0 Å². The number of anilines is 1. The molecule has 4 heteroatoms. The molecule has 1 N–H and O–H groups in total. The van der Waals surface area contributed by atoms with Crippen molar-refractivity contribution in [1.82, 2.24) is 0 Å². The smallest absolute Gasteiger partial charge is 0.305 e. The van der Waals surface area contributed by atoms with Gasteiger partial charge in [-0.2, -0.15) is 0 Å². The second kappa shape index (κ2) is 9.16. The Hall–Kier alpha value is -1.84. The molecule has 0 aliphatic carbocycles. The summed E-state index contributed by atoms with van der Waals surface area (Å²) < 4.78 is 0. The molecular weight excluding hydrogens is 266 g/mol. The zero-order chi connectivity index (χ0) is 15.7. The molecule has 0 unspecified atom stereocenters. The number of Topliss-reactive ketones (excluding diaryl/α,β-unsaturated/α-hetero) is 1. The summed E-state index contributed by atoms with van der Waals surface area (Å²) in [7, 11) is 0. The fourth-order valence-corrected chi connectivity index (χ4v) is 2.24. The van der Waals surface area contributed by atoms with Gasteiger partial charge in [-0.1, -0.05) is 26.2 Å². The predicted octanol–water partition coefficient (Wildman–Crippen LogP) is 3.75. The van der Waals surface area contributed by atoms with Crippen molar-refractivity contribution in [2.75, 3.05) is 18.0 Å². The van der Waals surface area contributed by atoms with Crippen LogP contribution in [0.1, 0.15) is 56.3 Å². The maximum Gasteiger partial charge on any atom is 0.305 e. The molecule has 1 rings (SSSR count). The van der Waals surface area contributed by atoms with Crippen molar-refractivity contribution < 1.29 is 14.7 Å². The van der Waals surface area contributed by atoms with E-state index in [2.05, 4.69) is 11.8 Å². The average Bonchev–Trinajstić information content (AvgIpc) is 2.46. The zero-order valence-corrected chi connectivity index (χ0v) is 13.0. The van der Waals surface area contributed by atoms with Crippen LogP contribution in [-0.4, -0.2) is 29.9 Å². The summed E-state index contributed by atoms with van der Waals surface area (Å²) in [6, 6.07) is 7.41. The Bertz CT molecular complexity index is 454. The van der Waals surface area contributed by atoms with Crippen LogP contribution in [0.25, 0.3) is 0 Å². The first-order valence-corrected chi connectivity index (χ1v) is 7.62. The summed E-state index contributed by atoms with van der Waals surface area (Å²) in [4.78, 5) is 24.2. The van der Waals surface area contributed by atoms with Gasteiger partial charge in [-0.25, -0.2) is 0 Å². The molecule has 4 nitrogen and oxygen atoms in total. The van der Waals surface area contributed by atoms with Gasteiger partial charge in [0.1, 0.15) is 0 Å². The van der Waals surface area contributed by atoms with Crippen LogP contribution in [0.3, 0.4) is 0 Å². The number of carbonyl (C=O) groups is 2. The highest BCUT2D eigenvalue weighted by molar-refractivity contribution is 5.94. The number of nitrogens with zero attached hydrogens (tertiary/aromatic N) is 1. The van der Waals surface area contributed by atoms with E-state index in [9.17, 15) is 9.59 Å². The van der Waals surface area contributed by atoms with Gasteiger partial charge >= 0.3 is 5.97 Å². The minimum absolute atomic E-state index is 0.0431. The molecule has 0 heterocycles. The lowest BCUT2D eigenvalue weighted by Gasteiger charge is -2.24. The second-order valence-corrected chi connectivity index (χ2v) is 5.29. The molecule has 0 aliphatic heterocycles. The van der Waals surface area contributed by atoms with Crippen LogP contribution in [0.4, 0.5) is 5.69 Å². The lowest BCUT2D eigenvalue weighted by molar-refractivity contribution is -0.136. The van der Waals surface area contributed by atoms with Crippen molar-refractivity contribution in [3.63, 3.8) is 0 Å². The van der Waals surface area contributed by atoms with Gasteiger partial charge in [-0.3, -0.25) is 9.59 Å². The molecule has 0 aromatic heterocycles. The molecule has 0 radical (unpaired) electrons. The SMILES string of the molecule is CCCCCCN(CCC(=O)O)c1ccc(C(C)=O)cc1. The number of aliphatic carboxylic acids is 1. The van der Waals surface area contributed by atoms with E-state index in [0.717, 1.165) is 25.1 Å². The lowest BCUT2D eigenvalue weighted by Crippen LogP contribution is -2.27. The number of ketones is 1. The van der Waals surface area contributed by atoms with Crippen LogP contribution >= 0.6 is 0 Å². The standard InChI is InChI=1S/C17H25NO3/c1-3-4-5-6-12-18(13-11-17(20)21)16-9-7-15(8-10-16)14(2)19/h7-10H,3-6,11-13H2,1-2H3,(H,20,21). The quantitative estimate of drug-likeness (QED) is 0.527. The van der Waals surface area contributed by atoms with E-state index in [-0.39, 0.29) is 12.2 Å². The van der Waals surface area contributed by atoms with E-state index in [1.807, 2.05) is 12.1 Å². The van der Waals surface area contributed by atoms with Crippen LogP contribution < -0.4 is 4.90 Å². The van der Waals surface area contributed by atoms with Crippen molar-refractivity contribution in [3.8, 4) is 0 Å². The van der Waals surface area contributed by atoms with Gasteiger partial charge in [-0.05, 0) is 37.6 Å². The molecule has 0 amide bonds. The monoisotopic (exact) mass is 291 g/mol. The van der Waals surface area contributed by atoms with Gasteiger partial charge in [0.05, 0.1) is 6.42 Å². The van der Waals surface area contributed by atoms with Gasteiger partial charge in [0.2, 0.25) is 0 Å². The summed E-state index contributed by atoms with van der Waals surface area (Å²) in [5, 5.41) is 8.86. The van der Waals surface area contributed by atoms with Crippen LogP contribution in [0.15, 0.2) is 24.3 Å². The molecule has 0 saturated carbocycles. The van der Waals surface area contributed by atoms with E-state index in [4.69, 9.17) is 5.11 Å². The molecule has 0 saturated heterocycles. The molecule has 0 fully saturated rings. The van der Waals surface area contributed by atoms with Crippen LogP contribution in [0, 0.1) is 0 Å². The summed E-state index contributed by atoms with van der Waals surface area (Å²) in [6.45, 7) is 5.07. The highest BCUT2D eigenvalue weighted by Gasteiger charge is 2.09. The number of benzene rings is 1. The van der Waals surface area contributed by atoms with Crippen LogP contribution in [0.5, 0.6) is 0 Å². The third kappa shape index (κ3) is 6.43. The number of carboxylic acid groups (broad SMARTS) is 1. The Morgan fingerprint density at radius 2 is 1.71 bits per heavy atom. The van der Waals surface area contributed by atoms with Gasteiger partial charge in [0.15, 0.2) is 5.78 Å². The molecule has 0 spiro atoms. The largest absolute Gasteiger partial charge is 0.481 e. The number of rotatable bonds is 10. The van der Waals surface area contributed by atoms with Gasteiger partial charge in [0, 0.05) is 24.3 Å². The summed E-state index contributed by atoms with van der Waals surface area (Å²) in [5.41, 5.74) is 1.67. The Kier molecular flexibility index (Phi) is 7.51. The first-order valence-electron chi connectivity index (χ1n) is 7.62. The molecule has 0 atom stereocenters.